The van der Waals surface area contributed by atoms with E-state index in [1.807, 2.05) is 6.92 Å². The Hall–Kier alpha value is -1.76. The van der Waals surface area contributed by atoms with E-state index in [1.165, 1.54) is 16.5 Å². The number of nitrogens with zero attached hydrogens (tertiary/aromatic N) is 1. The maximum Gasteiger partial charge on any atom is 0.0483 e. The van der Waals surface area contributed by atoms with Crippen molar-refractivity contribution in [2.24, 2.45) is 7.05 Å². The second-order valence-electron chi connectivity index (χ2n) is 3.92. The van der Waals surface area contributed by atoms with Gasteiger partial charge in [0, 0.05) is 24.1 Å². The lowest BCUT2D eigenvalue weighted by Crippen LogP contribution is -1.87. The molecule has 1 heteroatoms. The number of fused-ring (bicyclic) bond motifs is 1. The van der Waals surface area contributed by atoms with E-state index in [0.29, 0.717) is 0 Å². The van der Waals surface area contributed by atoms with Crippen molar-refractivity contribution < 1.29 is 0 Å². The summed E-state index contributed by atoms with van der Waals surface area (Å²) in [4.78, 5) is 0. The zero-order chi connectivity index (χ0) is 11.0. The standard InChI is InChI=1S/C14H15N/c1-10(2)11(3)12-6-5-7-14-13(12)8-9-15(14)4/h5-9H,1,3H2,2,4H3. The van der Waals surface area contributed by atoms with Crippen molar-refractivity contribution in [2.75, 3.05) is 0 Å². The molecule has 0 aliphatic rings. The van der Waals surface area contributed by atoms with E-state index in [9.17, 15) is 0 Å². The lowest BCUT2D eigenvalue weighted by molar-refractivity contribution is 0.969. The Morgan fingerprint density at radius 2 is 1.93 bits per heavy atom. The normalized spacial score (nSPS) is 10.5. The van der Waals surface area contributed by atoms with Gasteiger partial charge in [-0.1, -0.05) is 30.9 Å². The highest BCUT2D eigenvalue weighted by molar-refractivity contribution is 5.95. The predicted octanol–water partition coefficient (Wildman–Crippen LogP) is 3.77. The number of benzene rings is 1. The summed E-state index contributed by atoms with van der Waals surface area (Å²) in [5.41, 5.74) is 4.45. The van der Waals surface area contributed by atoms with Gasteiger partial charge in [0.1, 0.15) is 0 Å². The van der Waals surface area contributed by atoms with Gasteiger partial charge in [-0.3, -0.25) is 0 Å². The highest BCUT2D eigenvalue weighted by Gasteiger charge is 2.06. The van der Waals surface area contributed by atoms with Gasteiger partial charge >= 0.3 is 0 Å². The van der Waals surface area contributed by atoms with Crippen LogP contribution in [0.5, 0.6) is 0 Å². The van der Waals surface area contributed by atoms with Crippen LogP contribution < -0.4 is 0 Å². The van der Waals surface area contributed by atoms with Crippen LogP contribution >= 0.6 is 0 Å². The summed E-state index contributed by atoms with van der Waals surface area (Å²) in [7, 11) is 2.05. The Balaban J connectivity index is 2.71. The summed E-state index contributed by atoms with van der Waals surface area (Å²) in [5, 5.41) is 1.24. The quantitative estimate of drug-likeness (QED) is 0.646. The van der Waals surface area contributed by atoms with Crippen molar-refractivity contribution in [1.29, 1.82) is 0 Å². The van der Waals surface area contributed by atoms with Gasteiger partial charge in [0.2, 0.25) is 0 Å². The summed E-state index contributed by atoms with van der Waals surface area (Å²) < 4.78 is 2.12. The highest BCUT2D eigenvalue weighted by Crippen LogP contribution is 2.27. The fourth-order valence-electron chi connectivity index (χ4n) is 1.80. The fourth-order valence-corrected chi connectivity index (χ4v) is 1.80. The van der Waals surface area contributed by atoms with E-state index < -0.39 is 0 Å². The molecular weight excluding hydrogens is 182 g/mol. The van der Waals surface area contributed by atoms with Gasteiger partial charge in [-0.15, -0.1) is 0 Å². The molecule has 0 saturated carbocycles. The molecule has 0 radical (unpaired) electrons. The van der Waals surface area contributed by atoms with Crippen molar-refractivity contribution in [3.8, 4) is 0 Å². The lowest BCUT2D eigenvalue weighted by Gasteiger charge is -2.07. The van der Waals surface area contributed by atoms with E-state index >= 15 is 0 Å². The summed E-state index contributed by atoms with van der Waals surface area (Å²) in [6, 6.07) is 8.40. The van der Waals surface area contributed by atoms with Gasteiger partial charge < -0.3 is 4.57 Å². The molecule has 0 aliphatic carbocycles. The molecule has 1 aromatic carbocycles. The SMILES string of the molecule is C=C(C)C(=C)c1cccc2c1ccn2C. The van der Waals surface area contributed by atoms with Crippen LogP contribution in [-0.2, 0) is 7.05 Å². The van der Waals surface area contributed by atoms with Gasteiger partial charge in [-0.2, -0.15) is 0 Å². The number of aryl methyl sites for hydroxylation is 1. The van der Waals surface area contributed by atoms with Crippen molar-refractivity contribution >= 4 is 16.5 Å². The Morgan fingerprint density at radius 3 is 2.60 bits per heavy atom. The van der Waals surface area contributed by atoms with Gasteiger partial charge in [0.05, 0.1) is 0 Å². The molecule has 2 aromatic rings. The van der Waals surface area contributed by atoms with Gasteiger partial charge in [-0.05, 0) is 30.2 Å². The molecule has 0 atom stereocenters. The molecule has 0 N–H and O–H groups in total. The van der Waals surface area contributed by atoms with Gasteiger partial charge in [0.25, 0.3) is 0 Å². The maximum absolute atomic E-state index is 4.08. The van der Waals surface area contributed by atoms with Crippen molar-refractivity contribution in [1.82, 2.24) is 4.57 Å². The molecule has 15 heavy (non-hydrogen) atoms. The second kappa shape index (κ2) is 3.43. The minimum Gasteiger partial charge on any atom is -0.351 e. The topological polar surface area (TPSA) is 4.93 Å². The van der Waals surface area contributed by atoms with Crippen LogP contribution in [0.15, 0.2) is 49.2 Å². The molecule has 1 aromatic heterocycles. The Bertz CT molecular complexity index is 543. The molecule has 0 fully saturated rings. The Labute approximate surface area is 90.3 Å². The zero-order valence-corrected chi connectivity index (χ0v) is 9.25. The van der Waals surface area contributed by atoms with E-state index in [2.05, 4.69) is 55.2 Å². The number of allylic oxidation sites excluding steroid dienone is 2. The van der Waals surface area contributed by atoms with E-state index in [-0.39, 0.29) is 0 Å². The van der Waals surface area contributed by atoms with Crippen molar-refractivity contribution in [3.05, 3.63) is 54.8 Å². The first-order valence-electron chi connectivity index (χ1n) is 5.00. The number of aromatic nitrogens is 1. The van der Waals surface area contributed by atoms with Crippen LogP contribution in [0, 0.1) is 0 Å². The Kier molecular flexibility index (Phi) is 2.24. The van der Waals surface area contributed by atoms with Crippen LogP contribution in [0.25, 0.3) is 16.5 Å². The average molecular weight is 197 g/mol. The minimum atomic E-state index is 1.02. The molecule has 1 heterocycles. The molecule has 2 rings (SSSR count). The molecule has 0 aliphatic heterocycles. The van der Waals surface area contributed by atoms with Gasteiger partial charge in [0.15, 0.2) is 0 Å². The number of hydrogen-bond donors (Lipinski definition) is 0. The molecular formula is C14H15N. The summed E-state index contributed by atoms with van der Waals surface area (Å²) in [5.74, 6) is 0. The van der Waals surface area contributed by atoms with Crippen LogP contribution in [0.1, 0.15) is 12.5 Å². The van der Waals surface area contributed by atoms with Crippen LogP contribution in [0.2, 0.25) is 0 Å². The second-order valence-corrected chi connectivity index (χ2v) is 3.92. The smallest absolute Gasteiger partial charge is 0.0483 e. The molecule has 0 amide bonds. The third kappa shape index (κ3) is 1.50. The third-order valence-electron chi connectivity index (χ3n) is 2.77. The van der Waals surface area contributed by atoms with E-state index in [4.69, 9.17) is 0 Å². The third-order valence-corrected chi connectivity index (χ3v) is 2.77. The fraction of sp³-hybridized carbons (Fsp3) is 0.143. The molecule has 0 unspecified atom stereocenters. The van der Waals surface area contributed by atoms with E-state index in [0.717, 1.165) is 11.1 Å². The first kappa shape index (κ1) is 9.78. The Morgan fingerprint density at radius 1 is 1.20 bits per heavy atom. The van der Waals surface area contributed by atoms with Gasteiger partial charge in [-0.25, -0.2) is 0 Å². The summed E-state index contributed by atoms with van der Waals surface area (Å²) in [6.45, 7) is 10.0. The largest absolute Gasteiger partial charge is 0.351 e. The average Bonchev–Trinajstić information content (AvgIpc) is 2.59. The predicted molar refractivity (Wildman–Crippen MR) is 66.8 cm³/mol. The van der Waals surface area contributed by atoms with Crippen LogP contribution in [-0.4, -0.2) is 4.57 Å². The maximum atomic E-state index is 4.08. The first-order valence-corrected chi connectivity index (χ1v) is 5.00. The van der Waals surface area contributed by atoms with E-state index in [1.54, 1.807) is 0 Å². The molecule has 0 bridgehead atoms. The first-order chi connectivity index (χ1) is 7.11. The van der Waals surface area contributed by atoms with Crippen LogP contribution in [0.4, 0.5) is 0 Å². The van der Waals surface area contributed by atoms with Crippen molar-refractivity contribution in [2.45, 2.75) is 6.92 Å². The van der Waals surface area contributed by atoms with Crippen LogP contribution in [0.3, 0.4) is 0 Å². The molecule has 0 saturated heterocycles. The highest BCUT2D eigenvalue weighted by atomic mass is 14.9. The summed E-state index contributed by atoms with van der Waals surface area (Å²) >= 11 is 0. The molecule has 0 spiro atoms. The number of hydrogen-bond acceptors (Lipinski definition) is 0. The minimum absolute atomic E-state index is 1.02. The monoisotopic (exact) mass is 197 g/mol. The van der Waals surface area contributed by atoms with Crippen molar-refractivity contribution in [3.63, 3.8) is 0 Å². The lowest BCUT2D eigenvalue weighted by atomic mass is 9.99. The molecule has 76 valence electrons. The molecule has 1 nitrogen and oxygen atoms in total. The zero-order valence-electron chi connectivity index (χ0n) is 9.25. The number of rotatable bonds is 2. The summed E-state index contributed by atoms with van der Waals surface area (Å²) in [6.07, 6.45) is 2.07.